The van der Waals surface area contributed by atoms with Crippen LogP contribution in [0, 0.1) is 5.92 Å². The van der Waals surface area contributed by atoms with E-state index in [-0.39, 0.29) is 18.1 Å². The number of amides is 1. The van der Waals surface area contributed by atoms with Crippen molar-refractivity contribution in [1.82, 2.24) is 0 Å². The Labute approximate surface area is 200 Å². The van der Waals surface area contributed by atoms with E-state index < -0.39 is 11.9 Å². The number of hydrogen-bond donors (Lipinski definition) is 2. The Morgan fingerprint density at radius 3 is 2.06 bits per heavy atom. The molecule has 0 saturated carbocycles. The van der Waals surface area contributed by atoms with Crippen molar-refractivity contribution in [2.45, 2.75) is 45.4 Å². The number of rotatable bonds is 12. The average Bonchev–Trinajstić information content (AvgIpc) is 2.86. The summed E-state index contributed by atoms with van der Waals surface area (Å²) in [4.78, 5) is 36.3. The maximum atomic E-state index is 12.7. The van der Waals surface area contributed by atoms with Crippen LogP contribution in [0.5, 0.6) is 0 Å². The van der Waals surface area contributed by atoms with Crippen molar-refractivity contribution in [2.24, 2.45) is 5.92 Å². The van der Waals surface area contributed by atoms with E-state index in [1.165, 1.54) is 0 Å². The van der Waals surface area contributed by atoms with Crippen molar-refractivity contribution >= 4 is 23.3 Å². The molecule has 5 heteroatoms. The van der Waals surface area contributed by atoms with Gasteiger partial charge in [-0.1, -0.05) is 80.1 Å². The smallest absolute Gasteiger partial charge is 0.306 e. The second kappa shape index (κ2) is 12.5. The third-order valence-corrected chi connectivity index (χ3v) is 5.87. The van der Waals surface area contributed by atoms with Crippen LogP contribution in [-0.4, -0.2) is 22.8 Å². The molecule has 3 aromatic carbocycles. The number of carboxylic acids is 1. The lowest BCUT2D eigenvalue weighted by Crippen LogP contribution is -2.19. The van der Waals surface area contributed by atoms with Gasteiger partial charge in [-0.25, -0.2) is 0 Å². The number of anilines is 1. The molecule has 3 rings (SSSR count). The molecule has 5 nitrogen and oxygen atoms in total. The van der Waals surface area contributed by atoms with Gasteiger partial charge in [-0.05, 0) is 48.1 Å². The number of hydrogen-bond acceptors (Lipinski definition) is 3. The predicted molar refractivity (Wildman–Crippen MR) is 135 cm³/mol. The first kappa shape index (κ1) is 24.9. The summed E-state index contributed by atoms with van der Waals surface area (Å²) < 4.78 is 0. The molecule has 0 aliphatic heterocycles. The summed E-state index contributed by atoms with van der Waals surface area (Å²) in [6.45, 7) is 2.05. The number of carboxylic acid groups (broad SMARTS) is 1. The molecule has 0 spiro atoms. The third-order valence-electron chi connectivity index (χ3n) is 5.87. The van der Waals surface area contributed by atoms with Crippen LogP contribution < -0.4 is 5.32 Å². The Morgan fingerprint density at radius 2 is 1.47 bits per heavy atom. The van der Waals surface area contributed by atoms with Crippen molar-refractivity contribution in [3.05, 3.63) is 90.0 Å². The van der Waals surface area contributed by atoms with E-state index in [2.05, 4.69) is 12.2 Å². The summed E-state index contributed by atoms with van der Waals surface area (Å²) in [5.74, 6) is -1.81. The minimum Gasteiger partial charge on any atom is -0.481 e. The summed E-state index contributed by atoms with van der Waals surface area (Å²) in [5.41, 5.74) is 4.24. The molecule has 1 amide bonds. The number of nitrogens with one attached hydrogen (secondary N) is 1. The van der Waals surface area contributed by atoms with Crippen molar-refractivity contribution in [3.63, 3.8) is 0 Å². The largest absolute Gasteiger partial charge is 0.481 e. The van der Waals surface area contributed by atoms with Crippen molar-refractivity contribution in [2.75, 3.05) is 5.32 Å². The molecular formula is C29H31NO4. The van der Waals surface area contributed by atoms with Crippen molar-refractivity contribution < 1.29 is 19.5 Å². The highest BCUT2D eigenvalue weighted by Crippen LogP contribution is 2.24. The molecule has 1 atom stereocenters. The second-order valence-electron chi connectivity index (χ2n) is 8.49. The van der Waals surface area contributed by atoms with Gasteiger partial charge in [0.1, 0.15) is 0 Å². The number of carbonyl (C=O) groups is 3. The predicted octanol–water partition coefficient (Wildman–Crippen LogP) is 6.39. The van der Waals surface area contributed by atoms with E-state index in [0.717, 1.165) is 35.2 Å². The van der Waals surface area contributed by atoms with Gasteiger partial charge in [-0.2, -0.15) is 0 Å². The normalized spacial score (nSPS) is 11.6. The molecule has 34 heavy (non-hydrogen) atoms. The van der Waals surface area contributed by atoms with Crippen LogP contribution in [0.2, 0.25) is 0 Å². The van der Waals surface area contributed by atoms with Crippen molar-refractivity contribution in [1.29, 1.82) is 0 Å². The minimum atomic E-state index is -0.942. The number of Topliss-reactive ketones (excluding diaryl/α,β-unsaturated/α-hetero) is 1. The summed E-state index contributed by atoms with van der Waals surface area (Å²) in [6, 6.07) is 24.5. The van der Waals surface area contributed by atoms with Crippen LogP contribution in [-0.2, 0) is 16.0 Å². The molecule has 0 aromatic heterocycles. The number of ketones is 1. The first-order valence-electron chi connectivity index (χ1n) is 11.8. The molecule has 0 aliphatic rings. The van der Waals surface area contributed by atoms with Crippen molar-refractivity contribution in [3.8, 4) is 11.1 Å². The molecule has 176 valence electrons. The molecule has 2 N–H and O–H groups in total. The molecule has 0 fully saturated rings. The fourth-order valence-corrected chi connectivity index (χ4v) is 3.80. The molecule has 3 aromatic rings. The molecule has 0 aliphatic carbocycles. The maximum Gasteiger partial charge on any atom is 0.306 e. The van der Waals surface area contributed by atoms with Gasteiger partial charge in [0.05, 0.1) is 5.92 Å². The highest BCUT2D eigenvalue weighted by atomic mass is 16.4. The summed E-state index contributed by atoms with van der Waals surface area (Å²) in [5, 5.41) is 12.5. The summed E-state index contributed by atoms with van der Waals surface area (Å²) >= 11 is 0. The van der Waals surface area contributed by atoms with Gasteiger partial charge >= 0.3 is 5.97 Å². The van der Waals surface area contributed by atoms with Gasteiger partial charge < -0.3 is 10.4 Å². The van der Waals surface area contributed by atoms with E-state index in [1.54, 1.807) is 12.1 Å². The molecule has 0 saturated heterocycles. The highest BCUT2D eigenvalue weighted by molar-refractivity contribution is 5.98. The average molecular weight is 458 g/mol. The van der Waals surface area contributed by atoms with E-state index in [1.807, 2.05) is 66.7 Å². The van der Waals surface area contributed by atoms with Gasteiger partial charge in [-0.3, -0.25) is 14.4 Å². The molecule has 0 radical (unpaired) electrons. The minimum absolute atomic E-state index is 0.0147. The number of aryl methyl sites for hydroxylation is 1. The lowest BCUT2D eigenvalue weighted by Gasteiger charge is -2.12. The monoisotopic (exact) mass is 457 g/mol. The Kier molecular flexibility index (Phi) is 9.15. The lowest BCUT2D eigenvalue weighted by atomic mass is 9.92. The Morgan fingerprint density at radius 1 is 0.853 bits per heavy atom. The van der Waals surface area contributed by atoms with Gasteiger partial charge in [0.2, 0.25) is 5.91 Å². The van der Waals surface area contributed by atoms with Gasteiger partial charge in [0.15, 0.2) is 5.78 Å². The zero-order valence-electron chi connectivity index (χ0n) is 19.5. The number of carbonyl (C=O) groups excluding carboxylic acids is 2. The van der Waals surface area contributed by atoms with E-state index in [0.29, 0.717) is 24.8 Å². The molecule has 0 unspecified atom stereocenters. The second-order valence-corrected chi connectivity index (χ2v) is 8.49. The van der Waals surface area contributed by atoms with Crippen LogP contribution in [0.4, 0.5) is 5.69 Å². The van der Waals surface area contributed by atoms with Gasteiger partial charge in [0.25, 0.3) is 0 Å². The number of benzene rings is 3. The zero-order chi connectivity index (χ0) is 24.3. The SMILES string of the molecule is CCCCC(=O)Nc1ccc(-c2ccc(C(=O)C[C@@H](CCc3ccccc3)C(=O)O)cc2)cc1. The lowest BCUT2D eigenvalue weighted by molar-refractivity contribution is -0.141. The first-order valence-corrected chi connectivity index (χ1v) is 11.8. The fraction of sp³-hybridized carbons (Fsp3) is 0.276. The van der Waals surface area contributed by atoms with Crippen LogP contribution in [0.15, 0.2) is 78.9 Å². The van der Waals surface area contributed by atoms with Crippen LogP contribution in [0.3, 0.4) is 0 Å². The fourth-order valence-electron chi connectivity index (χ4n) is 3.80. The number of aliphatic carboxylic acids is 1. The Bertz CT molecular complexity index is 1090. The Balaban J connectivity index is 1.58. The standard InChI is InChI=1S/C29H31NO4/c1-2-3-9-28(32)30-26-18-16-23(17-19-26)22-12-14-24(15-13-22)27(31)20-25(29(33)34)11-10-21-7-5-4-6-8-21/h4-8,12-19,25H,2-3,9-11,20H2,1H3,(H,30,32)(H,33,34)/t25-/m1/s1. The van der Waals surface area contributed by atoms with Crippen LogP contribution >= 0.6 is 0 Å². The quantitative estimate of drug-likeness (QED) is 0.309. The summed E-state index contributed by atoms with van der Waals surface area (Å²) in [7, 11) is 0. The summed E-state index contributed by atoms with van der Waals surface area (Å²) in [6.07, 6.45) is 3.39. The van der Waals surface area contributed by atoms with E-state index in [4.69, 9.17) is 0 Å². The molecular weight excluding hydrogens is 426 g/mol. The van der Waals surface area contributed by atoms with Crippen LogP contribution in [0.25, 0.3) is 11.1 Å². The van der Waals surface area contributed by atoms with Gasteiger partial charge in [0, 0.05) is 24.1 Å². The van der Waals surface area contributed by atoms with Gasteiger partial charge in [-0.15, -0.1) is 0 Å². The number of unbranched alkanes of at least 4 members (excludes halogenated alkanes) is 1. The van der Waals surface area contributed by atoms with E-state index in [9.17, 15) is 19.5 Å². The molecule has 0 bridgehead atoms. The van der Waals surface area contributed by atoms with E-state index >= 15 is 0 Å². The van der Waals surface area contributed by atoms with Crippen LogP contribution in [0.1, 0.15) is 54.9 Å². The Hall–Kier alpha value is -3.73. The molecule has 0 heterocycles. The third kappa shape index (κ3) is 7.41. The topological polar surface area (TPSA) is 83.5 Å². The first-order chi connectivity index (χ1) is 16.5. The zero-order valence-corrected chi connectivity index (χ0v) is 19.5. The maximum absolute atomic E-state index is 12.7. The highest BCUT2D eigenvalue weighted by Gasteiger charge is 2.22.